The lowest BCUT2D eigenvalue weighted by molar-refractivity contribution is -0.181. The number of nitrogens with zero attached hydrogens (tertiary/aromatic N) is 2. The number of carbonyl (C=O) groups excluding carboxylic acids is 1. The molecule has 2 aliphatic rings. The highest BCUT2D eigenvalue weighted by Gasteiger charge is 2.44. The Balaban J connectivity index is 1.62. The van der Waals surface area contributed by atoms with E-state index in [1.54, 1.807) is 0 Å². The van der Waals surface area contributed by atoms with Crippen LogP contribution in [0.2, 0.25) is 0 Å². The third-order valence-corrected chi connectivity index (χ3v) is 6.16. The van der Waals surface area contributed by atoms with Crippen LogP contribution >= 0.6 is 0 Å². The number of sulfonamides is 1. The minimum Gasteiger partial charge on any atom is -0.476 e. The van der Waals surface area contributed by atoms with Crippen LogP contribution in [-0.4, -0.2) is 42.1 Å². The Bertz CT molecular complexity index is 715. The van der Waals surface area contributed by atoms with Gasteiger partial charge in [0.2, 0.25) is 15.9 Å². The molecule has 0 spiro atoms. The Hall–Kier alpha value is -1.78. The van der Waals surface area contributed by atoms with Crippen molar-refractivity contribution in [1.29, 1.82) is 0 Å². The first-order valence-corrected chi connectivity index (χ1v) is 9.05. The fourth-order valence-electron chi connectivity index (χ4n) is 2.99. The second-order valence-corrected chi connectivity index (χ2v) is 7.89. The van der Waals surface area contributed by atoms with Gasteiger partial charge in [0, 0.05) is 6.07 Å². The molecule has 0 bridgehead atoms. The molecule has 1 fully saturated rings. The predicted molar refractivity (Wildman–Crippen MR) is 75.9 cm³/mol. The van der Waals surface area contributed by atoms with E-state index in [1.165, 1.54) is 10.7 Å². The molecule has 11 heteroatoms. The average molecular weight is 367 g/mol. The molecular weight excluding hydrogens is 351 g/mol. The van der Waals surface area contributed by atoms with Crippen molar-refractivity contribution < 1.29 is 31.1 Å². The van der Waals surface area contributed by atoms with Gasteiger partial charge < -0.3 is 4.74 Å². The second kappa shape index (κ2) is 5.94. The summed E-state index contributed by atoms with van der Waals surface area (Å²) < 4.78 is 70.9. The largest absolute Gasteiger partial charge is 0.476 e. The molecule has 1 saturated carbocycles. The van der Waals surface area contributed by atoms with E-state index in [2.05, 4.69) is 5.10 Å². The zero-order valence-electron chi connectivity index (χ0n) is 12.5. The molecule has 2 heterocycles. The van der Waals surface area contributed by atoms with Gasteiger partial charge in [-0.1, -0.05) is 0 Å². The van der Waals surface area contributed by atoms with Crippen LogP contribution in [0.15, 0.2) is 6.07 Å². The van der Waals surface area contributed by atoms with Crippen molar-refractivity contribution in [3.05, 3.63) is 11.8 Å². The van der Waals surface area contributed by atoms with Gasteiger partial charge in [-0.05, 0) is 25.7 Å². The third kappa shape index (κ3) is 3.35. The molecule has 0 saturated heterocycles. The maximum Gasteiger partial charge on any atom is 0.391 e. The van der Waals surface area contributed by atoms with Crippen LogP contribution < -0.4 is 9.46 Å². The number of fused-ring (bicyclic) bond motifs is 1. The van der Waals surface area contributed by atoms with Crippen molar-refractivity contribution in [3.8, 4) is 5.88 Å². The number of rotatable bonds is 3. The summed E-state index contributed by atoms with van der Waals surface area (Å²) in [4.78, 5) is 12.0. The Morgan fingerprint density at radius 1 is 1.29 bits per heavy atom. The van der Waals surface area contributed by atoms with Crippen LogP contribution in [0.25, 0.3) is 0 Å². The van der Waals surface area contributed by atoms with E-state index in [0.717, 1.165) is 0 Å². The summed E-state index contributed by atoms with van der Waals surface area (Å²) in [6.45, 7) is 0.905. The molecular formula is C13H16F3N3O4S. The minimum absolute atomic E-state index is 0.0998. The molecule has 24 heavy (non-hydrogen) atoms. The summed E-state index contributed by atoms with van der Waals surface area (Å²) in [5.41, 5.74) is -0.0998. The van der Waals surface area contributed by atoms with E-state index in [0.29, 0.717) is 19.0 Å². The van der Waals surface area contributed by atoms with Crippen LogP contribution in [0.3, 0.4) is 0 Å². The molecule has 0 radical (unpaired) electrons. The zero-order valence-corrected chi connectivity index (χ0v) is 13.4. The predicted octanol–water partition coefficient (Wildman–Crippen LogP) is 1.46. The van der Waals surface area contributed by atoms with Crippen molar-refractivity contribution in [1.82, 2.24) is 14.5 Å². The molecule has 0 atom stereocenters. The maximum absolute atomic E-state index is 12.6. The normalized spacial score (nSPS) is 24.3. The highest BCUT2D eigenvalue weighted by Crippen LogP contribution is 2.39. The van der Waals surface area contributed by atoms with Gasteiger partial charge in [0.1, 0.15) is 6.61 Å². The molecule has 134 valence electrons. The number of aromatic nitrogens is 2. The summed E-state index contributed by atoms with van der Waals surface area (Å²) in [7, 11) is -4.05. The summed E-state index contributed by atoms with van der Waals surface area (Å²) in [6.07, 6.45) is -5.08. The molecule has 0 unspecified atom stereocenters. The van der Waals surface area contributed by atoms with E-state index in [9.17, 15) is 26.4 Å². The summed E-state index contributed by atoms with van der Waals surface area (Å²) in [6, 6.07) is 1.33. The lowest BCUT2D eigenvalue weighted by atomic mass is 9.88. The van der Waals surface area contributed by atoms with Gasteiger partial charge in [-0.2, -0.15) is 18.3 Å². The number of hydrogen-bond acceptors (Lipinski definition) is 5. The van der Waals surface area contributed by atoms with E-state index >= 15 is 0 Å². The summed E-state index contributed by atoms with van der Waals surface area (Å²) >= 11 is 0. The zero-order chi connectivity index (χ0) is 17.5. The fraction of sp³-hybridized carbons (Fsp3) is 0.692. The van der Waals surface area contributed by atoms with E-state index in [4.69, 9.17) is 4.74 Å². The number of nitrogens with one attached hydrogen (secondary N) is 1. The van der Waals surface area contributed by atoms with Gasteiger partial charge in [0.15, 0.2) is 5.69 Å². The van der Waals surface area contributed by atoms with Gasteiger partial charge in [0.25, 0.3) is 5.91 Å². The summed E-state index contributed by atoms with van der Waals surface area (Å²) in [5, 5.41) is 2.92. The number of carbonyl (C=O) groups is 1. The molecule has 1 aliphatic carbocycles. The maximum atomic E-state index is 12.6. The third-order valence-electron chi connectivity index (χ3n) is 4.34. The van der Waals surface area contributed by atoms with E-state index in [1.807, 2.05) is 4.72 Å². The van der Waals surface area contributed by atoms with Crippen LogP contribution in [0.4, 0.5) is 13.2 Å². The Morgan fingerprint density at radius 2 is 1.96 bits per heavy atom. The first-order chi connectivity index (χ1) is 11.2. The van der Waals surface area contributed by atoms with Crippen molar-refractivity contribution in [2.24, 2.45) is 5.92 Å². The standard InChI is InChI=1S/C13H16F3N3O4S/c14-13(15,16)8-1-3-9(4-2-8)24(21,22)18-12(20)10-7-11-19(17-10)5-6-23-11/h7-9H,1-6H2,(H,18,20). The Kier molecular flexibility index (Phi) is 4.22. The van der Waals surface area contributed by atoms with Gasteiger partial charge >= 0.3 is 6.18 Å². The first kappa shape index (κ1) is 17.1. The fourth-order valence-corrected chi connectivity index (χ4v) is 4.41. The van der Waals surface area contributed by atoms with Gasteiger partial charge in [0.05, 0.1) is 17.7 Å². The number of halogens is 3. The highest BCUT2D eigenvalue weighted by molar-refractivity contribution is 7.90. The quantitative estimate of drug-likeness (QED) is 0.873. The highest BCUT2D eigenvalue weighted by atomic mass is 32.2. The lowest BCUT2D eigenvalue weighted by Crippen LogP contribution is -2.41. The average Bonchev–Trinajstić information content (AvgIpc) is 3.07. The number of alkyl halides is 3. The number of ether oxygens (including phenoxy) is 1. The molecule has 3 rings (SSSR count). The van der Waals surface area contributed by atoms with Crippen molar-refractivity contribution in [2.45, 2.75) is 43.7 Å². The Labute approximate surface area is 136 Å². The number of hydrogen-bond donors (Lipinski definition) is 1. The molecule has 1 N–H and O–H groups in total. The van der Waals surface area contributed by atoms with Crippen LogP contribution in [0, 0.1) is 5.92 Å². The second-order valence-electron chi connectivity index (χ2n) is 5.93. The topological polar surface area (TPSA) is 90.3 Å². The molecule has 1 aromatic heterocycles. The lowest BCUT2D eigenvalue weighted by Gasteiger charge is -2.29. The van der Waals surface area contributed by atoms with Crippen molar-refractivity contribution in [2.75, 3.05) is 6.61 Å². The van der Waals surface area contributed by atoms with Crippen molar-refractivity contribution in [3.63, 3.8) is 0 Å². The molecule has 1 amide bonds. The monoisotopic (exact) mass is 367 g/mol. The number of amides is 1. The van der Waals surface area contributed by atoms with Crippen LogP contribution in [-0.2, 0) is 16.6 Å². The van der Waals surface area contributed by atoms with Gasteiger partial charge in [-0.25, -0.2) is 17.8 Å². The van der Waals surface area contributed by atoms with Crippen molar-refractivity contribution >= 4 is 15.9 Å². The van der Waals surface area contributed by atoms with E-state index < -0.39 is 33.3 Å². The SMILES string of the molecule is O=C(NS(=O)(=O)C1CCC(C(F)(F)F)CC1)c1cc2n(n1)CCO2. The first-order valence-electron chi connectivity index (χ1n) is 7.50. The summed E-state index contributed by atoms with van der Waals surface area (Å²) in [5.74, 6) is -2.01. The molecule has 1 aromatic rings. The van der Waals surface area contributed by atoms with Crippen LogP contribution in [0.5, 0.6) is 5.88 Å². The Morgan fingerprint density at radius 3 is 2.54 bits per heavy atom. The van der Waals surface area contributed by atoms with E-state index in [-0.39, 0.29) is 31.4 Å². The molecule has 0 aromatic carbocycles. The smallest absolute Gasteiger partial charge is 0.391 e. The molecule has 1 aliphatic heterocycles. The van der Waals surface area contributed by atoms with Gasteiger partial charge in [-0.15, -0.1) is 0 Å². The van der Waals surface area contributed by atoms with Crippen LogP contribution in [0.1, 0.15) is 36.2 Å². The minimum atomic E-state index is -4.31. The van der Waals surface area contributed by atoms with Gasteiger partial charge in [-0.3, -0.25) is 4.79 Å². The molecule has 7 nitrogen and oxygen atoms in total.